The molecule has 0 heterocycles. The van der Waals surface area contributed by atoms with Gasteiger partial charge in [-0.15, -0.1) is 6.58 Å². The van der Waals surface area contributed by atoms with Crippen LogP contribution in [0.4, 0.5) is 0 Å². The molecule has 1 aromatic rings. The summed E-state index contributed by atoms with van der Waals surface area (Å²) in [6.07, 6.45) is 14.2. The maximum atomic E-state index is 3.90. The van der Waals surface area contributed by atoms with Gasteiger partial charge in [-0.05, 0) is 69.3 Å². The quantitative estimate of drug-likeness (QED) is 0.462. The van der Waals surface area contributed by atoms with Gasteiger partial charge in [-0.3, -0.25) is 0 Å². The van der Waals surface area contributed by atoms with Gasteiger partial charge in [0.05, 0.1) is 0 Å². The van der Waals surface area contributed by atoms with E-state index in [2.05, 4.69) is 61.3 Å². The predicted molar refractivity (Wildman–Crippen MR) is 95.5 cm³/mol. The zero-order valence-electron chi connectivity index (χ0n) is 13.6. The summed E-state index contributed by atoms with van der Waals surface area (Å²) in [5.41, 5.74) is 4.26. The highest BCUT2D eigenvalue weighted by Crippen LogP contribution is 2.24. The Balaban J connectivity index is 2.85. The van der Waals surface area contributed by atoms with Gasteiger partial charge in [-0.2, -0.15) is 0 Å². The smallest absolute Gasteiger partial charge is 0.00171 e. The number of nitrogens with one attached hydrogen (secondary N) is 1. The van der Waals surface area contributed by atoms with E-state index in [4.69, 9.17) is 0 Å². The zero-order chi connectivity index (χ0) is 15.3. The van der Waals surface area contributed by atoms with Crippen LogP contribution in [0.1, 0.15) is 43.7 Å². The minimum absolute atomic E-state index is 0.940. The number of rotatable bonds is 10. The fraction of sp³-hybridized carbons (Fsp3) is 0.400. The minimum Gasteiger partial charge on any atom is -0.319 e. The van der Waals surface area contributed by atoms with Crippen LogP contribution in [0.15, 0.2) is 55.1 Å². The van der Waals surface area contributed by atoms with Crippen LogP contribution in [-0.4, -0.2) is 13.6 Å². The largest absolute Gasteiger partial charge is 0.319 e. The minimum atomic E-state index is 0.940. The molecule has 0 bridgehead atoms. The second-order valence-electron chi connectivity index (χ2n) is 5.23. The SMILES string of the molecule is C=CC/C(=C/CCNC)c1ccccc1CCC/C=C\C. The van der Waals surface area contributed by atoms with Crippen LogP contribution in [0.2, 0.25) is 0 Å². The molecule has 1 rings (SSSR count). The van der Waals surface area contributed by atoms with Crippen LogP contribution >= 0.6 is 0 Å². The van der Waals surface area contributed by atoms with Gasteiger partial charge in [0.25, 0.3) is 0 Å². The third-order valence-corrected chi connectivity index (χ3v) is 3.57. The Hall–Kier alpha value is -1.60. The van der Waals surface area contributed by atoms with Crippen molar-refractivity contribution in [1.82, 2.24) is 5.32 Å². The molecule has 0 amide bonds. The van der Waals surface area contributed by atoms with E-state index in [0.29, 0.717) is 0 Å². The molecule has 0 radical (unpaired) electrons. The lowest BCUT2D eigenvalue weighted by Crippen LogP contribution is -2.06. The van der Waals surface area contributed by atoms with E-state index in [0.717, 1.165) is 32.2 Å². The van der Waals surface area contributed by atoms with Crippen LogP contribution < -0.4 is 5.32 Å². The number of benzene rings is 1. The molecule has 21 heavy (non-hydrogen) atoms. The first-order chi connectivity index (χ1) is 10.3. The molecule has 0 saturated heterocycles. The summed E-state index contributed by atoms with van der Waals surface area (Å²) >= 11 is 0. The molecule has 0 spiro atoms. The number of unbranched alkanes of at least 4 members (excludes halogenated alkanes) is 1. The summed E-state index contributed by atoms with van der Waals surface area (Å²) in [4.78, 5) is 0. The summed E-state index contributed by atoms with van der Waals surface area (Å²) in [6, 6.07) is 8.80. The average molecular weight is 283 g/mol. The summed E-state index contributed by atoms with van der Waals surface area (Å²) in [6.45, 7) is 7.01. The van der Waals surface area contributed by atoms with E-state index in [-0.39, 0.29) is 0 Å². The van der Waals surface area contributed by atoms with Crippen molar-refractivity contribution in [2.24, 2.45) is 0 Å². The molecule has 1 aromatic carbocycles. The fourth-order valence-electron chi connectivity index (χ4n) is 2.48. The standard InChI is InChI=1S/C20H29N/c1-4-6-7-8-13-19-14-9-10-16-20(19)18(12-5-2)15-11-17-21-3/h4-6,9-10,14-16,21H,2,7-8,11-13,17H2,1,3H3/b6-4-,18-15-. The third kappa shape index (κ3) is 6.59. The zero-order valence-corrected chi connectivity index (χ0v) is 13.6. The van der Waals surface area contributed by atoms with Gasteiger partial charge in [-0.25, -0.2) is 0 Å². The van der Waals surface area contributed by atoms with E-state index in [1.807, 2.05) is 13.1 Å². The highest BCUT2D eigenvalue weighted by atomic mass is 14.8. The number of hydrogen-bond acceptors (Lipinski definition) is 1. The number of allylic oxidation sites excluding steroid dienone is 4. The molecule has 1 heteroatoms. The van der Waals surface area contributed by atoms with Crippen molar-refractivity contribution < 1.29 is 0 Å². The van der Waals surface area contributed by atoms with Gasteiger partial charge >= 0.3 is 0 Å². The molecule has 0 aliphatic rings. The maximum absolute atomic E-state index is 3.90. The second-order valence-corrected chi connectivity index (χ2v) is 5.23. The highest BCUT2D eigenvalue weighted by molar-refractivity contribution is 5.69. The maximum Gasteiger partial charge on any atom is -0.00171 e. The van der Waals surface area contributed by atoms with E-state index in [9.17, 15) is 0 Å². The van der Waals surface area contributed by atoms with Crippen LogP contribution in [0.3, 0.4) is 0 Å². The Morgan fingerprint density at radius 1 is 1.24 bits per heavy atom. The summed E-state index contributed by atoms with van der Waals surface area (Å²) in [5, 5.41) is 3.20. The Bertz CT molecular complexity index is 468. The van der Waals surface area contributed by atoms with Gasteiger partial charge in [0, 0.05) is 0 Å². The van der Waals surface area contributed by atoms with E-state index >= 15 is 0 Å². The molecular weight excluding hydrogens is 254 g/mol. The van der Waals surface area contributed by atoms with Crippen LogP contribution in [-0.2, 0) is 6.42 Å². The number of hydrogen-bond donors (Lipinski definition) is 1. The van der Waals surface area contributed by atoms with Crippen molar-refractivity contribution in [2.45, 2.75) is 39.0 Å². The topological polar surface area (TPSA) is 12.0 Å². The molecular formula is C20H29N. The lowest BCUT2D eigenvalue weighted by atomic mass is 9.93. The van der Waals surface area contributed by atoms with Crippen molar-refractivity contribution >= 4 is 5.57 Å². The molecule has 0 aliphatic carbocycles. The van der Waals surface area contributed by atoms with Crippen molar-refractivity contribution in [2.75, 3.05) is 13.6 Å². The average Bonchev–Trinajstić information content (AvgIpc) is 2.51. The first kappa shape index (κ1) is 17.5. The summed E-state index contributed by atoms with van der Waals surface area (Å²) < 4.78 is 0. The molecule has 0 aliphatic heterocycles. The summed E-state index contributed by atoms with van der Waals surface area (Å²) in [5.74, 6) is 0. The highest BCUT2D eigenvalue weighted by Gasteiger charge is 2.05. The van der Waals surface area contributed by atoms with Crippen LogP contribution in [0, 0.1) is 0 Å². The van der Waals surface area contributed by atoms with Crippen molar-refractivity contribution in [3.05, 3.63) is 66.3 Å². The van der Waals surface area contributed by atoms with Crippen LogP contribution in [0.25, 0.3) is 5.57 Å². The molecule has 0 unspecified atom stereocenters. The molecule has 0 atom stereocenters. The van der Waals surface area contributed by atoms with Gasteiger partial charge in [-0.1, -0.05) is 48.6 Å². The molecule has 0 aromatic heterocycles. The Kier molecular flexibility index (Phi) is 9.23. The molecule has 0 fully saturated rings. The normalized spacial score (nSPS) is 12.0. The Morgan fingerprint density at radius 3 is 2.76 bits per heavy atom. The van der Waals surface area contributed by atoms with Crippen molar-refractivity contribution in [3.8, 4) is 0 Å². The van der Waals surface area contributed by atoms with Crippen molar-refractivity contribution in [1.29, 1.82) is 0 Å². The Labute approximate surface area is 130 Å². The molecule has 1 N–H and O–H groups in total. The van der Waals surface area contributed by atoms with Gasteiger partial charge < -0.3 is 5.32 Å². The second kappa shape index (κ2) is 11.1. The van der Waals surface area contributed by atoms with E-state index < -0.39 is 0 Å². The molecule has 0 saturated carbocycles. The van der Waals surface area contributed by atoms with Crippen molar-refractivity contribution in [3.63, 3.8) is 0 Å². The van der Waals surface area contributed by atoms with E-state index in [1.54, 1.807) is 0 Å². The first-order valence-electron chi connectivity index (χ1n) is 7.97. The predicted octanol–water partition coefficient (Wildman–Crippen LogP) is 5.15. The van der Waals surface area contributed by atoms with Gasteiger partial charge in [0.2, 0.25) is 0 Å². The number of aryl methyl sites for hydroxylation is 1. The monoisotopic (exact) mass is 283 g/mol. The lowest BCUT2D eigenvalue weighted by molar-refractivity contribution is 0.807. The lowest BCUT2D eigenvalue weighted by Gasteiger charge is -2.12. The van der Waals surface area contributed by atoms with E-state index in [1.165, 1.54) is 23.1 Å². The fourth-order valence-corrected chi connectivity index (χ4v) is 2.48. The summed E-state index contributed by atoms with van der Waals surface area (Å²) in [7, 11) is 2.00. The van der Waals surface area contributed by atoms with Gasteiger partial charge in [0.15, 0.2) is 0 Å². The molecule has 1 nitrogen and oxygen atoms in total. The molecule has 114 valence electrons. The van der Waals surface area contributed by atoms with Gasteiger partial charge in [0.1, 0.15) is 0 Å². The third-order valence-electron chi connectivity index (χ3n) is 3.57. The first-order valence-corrected chi connectivity index (χ1v) is 7.97. The van der Waals surface area contributed by atoms with Crippen LogP contribution in [0.5, 0.6) is 0 Å². The Morgan fingerprint density at radius 2 is 2.05 bits per heavy atom.